The fraction of sp³-hybridized carbons (Fsp3) is 0.200. The molecular formula is C30H22F3N3O6S2. The number of benzene rings is 3. The molecule has 14 heteroatoms. The highest BCUT2D eigenvalue weighted by Crippen LogP contribution is 2.53. The van der Waals surface area contributed by atoms with Gasteiger partial charge in [0.15, 0.2) is 6.61 Å². The van der Waals surface area contributed by atoms with E-state index in [1.165, 1.54) is 19.2 Å². The second-order valence-corrected chi connectivity index (χ2v) is 12.1. The Balaban J connectivity index is 1.25. The van der Waals surface area contributed by atoms with Crippen LogP contribution in [0.15, 0.2) is 82.6 Å². The monoisotopic (exact) mass is 641 g/mol. The number of rotatable bonds is 7. The molecule has 3 aromatic carbocycles. The first-order valence-corrected chi connectivity index (χ1v) is 14.8. The van der Waals surface area contributed by atoms with Crippen LogP contribution >= 0.6 is 23.1 Å². The van der Waals surface area contributed by atoms with Gasteiger partial charge in [-0.1, -0.05) is 41.3 Å². The van der Waals surface area contributed by atoms with Crippen molar-refractivity contribution in [3.63, 3.8) is 0 Å². The van der Waals surface area contributed by atoms with Crippen molar-refractivity contribution in [2.75, 3.05) is 23.9 Å². The van der Waals surface area contributed by atoms with E-state index in [2.05, 4.69) is 10.3 Å². The zero-order valence-corrected chi connectivity index (χ0v) is 24.3. The van der Waals surface area contributed by atoms with Crippen molar-refractivity contribution < 1.29 is 37.0 Å². The molecule has 0 saturated carbocycles. The molecule has 2 aliphatic heterocycles. The molecule has 0 bridgehead atoms. The lowest BCUT2D eigenvalue weighted by Crippen LogP contribution is -2.32. The number of fused-ring (bicyclic) bond motifs is 2. The third kappa shape index (κ3) is 5.57. The van der Waals surface area contributed by atoms with Crippen molar-refractivity contribution >= 4 is 52.2 Å². The number of imide groups is 1. The number of carbonyl (C=O) groups excluding carboxylic acids is 3. The van der Waals surface area contributed by atoms with Crippen molar-refractivity contribution in [3.05, 3.63) is 98.5 Å². The SMILES string of the molecule is COc1ccc(N2C(=O)C3Sc4[nH]c(=O)sc4C(c4cccc(OCC(=O)Nc5cccc(C(F)(F)F)c5)c4)C3C2=O)cc1. The summed E-state index contributed by atoms with van der Waals surface area (Å²) in [5.74, 6) is -2.17. The van der Waals surface area contributed by atoms with Gasteiger partial charge in [0.25, 0.3) is 5.91 Å². The Morgan fingerprint density at radius 3 is 2.45 bits per heavy atom. The quantitative estimate of drug-likeness (QED) is 0.264. The molecular weight excluding hydrogens is 619 g/mol. The van der Waals surface area contributed by atoms with Crippen molar-refractivity contribution in [1.29, 1.82) is 0 Å². The molecule has 3 atom stereocenters. The first-order chi connectivity index (χ1) is 21.0. The van der Waals surface area contributed by atoms with Gasteiger partial charge in [-0.2, -0.15) is 13.2 Å². The van der Waals surface area contributed by atoms with Crippen molar-refractivity contribution in [2.24, 2.45) is 5.92 Å². The predicted molar refractivity (Wildman–Crippen MR) is 157 cm³/mol. The van der Waals surface area contributed by atoms with E-state index < -0.39 is 53.2 Å². The Morgan fingerprint density at radius 2 is 1.73 bits per heavy atom. The minimum absolute atomic E-state index is 0.0337. The number of methoxy groups -OCH3 is 1. The molecule has 226 valence electrons. The summed E-state index contributed by atoms with van der Waals surface area (Å²) in [4.78, 5) is 56.6. The topological polar surface area (TPSA) is 118 Å². The minimum atomic E-state index is -4.56. The van der Waals surface area contributed by atoms with Crippen LogP contribution in [0.3, 0.4) is 0 Å². The zero-order valence-electron chi connectivity index (χ0n) is 22.7. The number of ether oxygens (including phenoxy) is 2. The molecule has 2 aliphatic rings. The van der Waals surface area contributed by atoms with Gasteiger partial charge in [-0.05, 0) is 60.2 Å². The van der Waals surface area contributed by atoms with Gasteiger partial charge >= 0.3 is 11.0 Å². The van der Waals surface area contributed by atoms with E-state index in [9.17, 15) is 32.3 Å². The number of anilines is 2. The lowest BCUT2D eigenvalue weighted by Gasteiger charge is -2.30. The normalized spacial score (nSPS) is 19.4. The summed E-state index contributed by atoms with van der Waals surface area (Å²) in [6.07, 6.45) is -4.56. The Hall–Kier alpha value is -4.56. The first kappa shape index (κ1) is 29.5. The van der Waals surface area contributed by atoms with Crippen molar-refractivity contribution in [1.82, 2.24) is 4.98 Å². The van der Waals surface area contributed by atoms with Gasteiger partial charge in [-0.3, -0.25) is 19.2 Å². The fourth-order valence-corrected chi connectivity index (χ4v) is 7.79. The molecule has 6 rings (SSSR count). The average Bonchev–Trinajstić information content (AvgIpc) is 3.49. The largest absolute Gasteiger partial charge is 0.497 e. The number of aromatic amines is 1. The number of hydrogen-bond donors (Lipinski definition) is 2. The summed E-state index contributed by atoms with van der Waals surface area (Å²) in [7, 11) is 1.51. The van der Waals surface area contributed by atoms with E-state index in [0.29, 0.717) is 26.9 Å². The van der Waals surface area contributed by atoms with Crippen LogP contribution in [0.5, 0.6) is 11.5 Å². The highest BCUT2D eigenvalue weighted by Gasteiger charge is 2.56. The Kier molecular flexibility index (Phi) is 7.72. The molecule has 3 heterocycles. The summed E-state index contributed by atoms with van der Waals surface area (Å²) < 4.78 is 49.9. The van der Waals surface area contributed by atoms with Crippen LogP contribution in [0, 0.1) is 5.92 Å². The smallest absolute Gasteiger partial charge is 0.416 e. The molecule has 1 fully saturated rings. The fourth-order valence-electron chi connectivity index (χ4n) is 5.28. The second kappa shape index (κ2) is 11.5. The third-order valence-corrected chi connectivity index (χ3v) is 9.62. The number of H-pyrrole nitrogens is 1. The average molecular weight is 642 g/mol. The van der Waals surface area contributed by atoms with Crippen LogP contribution in [0.1, 0.15) is 21.9 Å². The van der Waals surface area contributed by atoms with Gasteiger partial charge in [-0.15, -0.1) is 0 Å². The molecule has 4 aromatic rings. The van der Waals surface area contributed by atoms with Gasteiger partial charge in [0.1, 0.15) is 16.7 Å². The highest BCUT2D eigenvalue weighted by molar-refractivity contribution is 8.00. The van der Waals surface area contributed by atoms with Crippen LogP contribution in [0.25, 0.3) is 0 Å². The van der Waals surface area contributed by atoms with Gasteiger partial charge in [0.2, 0.25) is 11.8 Å². The molecule has 0 radical (unpaired) electrons. The van der Waals surface area contributed by atoms with Crippen molar-refractivity contribution in [2.45, 2.75) is 22.4 Å². The summed E-state index contributed by atoms with van der Waals surface area (Å²) >= 11 is 2.11. The summed E-state index contributed by atoms with van der Waals surface area (Å²) in [6.45, 7) is -0.502. The van der Waals surface area contributed by atoms with E-state index in [1.54, 1.807) is 48.5 Å². The summed E-state index contributed by atoms with van der Waals surface area (Å²) in [6, 6.07) is 17.4. The maximum Gasteiger partial charge on any atom is 0.416 e. The third-order valence-electron chi connectivity index (χ3n) is 7.22. The number of halogens is 3. The minimum Gasteiger partial charge on any atom is -0.497 e. The second-order valence-electron chi connectivity index (χ2n) is 9.95. The number of nitrogens with one attached hydrogen (secondary N) is 2. The number of amides is 3. The zero-order chi connectivity index (χ0) is 31.2. The number of aromatic nitrogens is 1. The van der Waals surface area contributed by atoms with Crippen LogP contribution in [0.2, 0.25) is 0 Å². The number of thiazole rings is 1. The predicted octanol–water partition coefficient (Wildman–Crippen LogP) is 5.28. The van der Waals surface area contributed by atoms with Crippen LogP contribution < -0.4 is 24.6 Å². The number of hydrogen-bond acceptors (Lipinski definition) is 8. The molecule has 9 nitrogen and oxygen atoms in total. The molecule has 3 amide bonds. The van der Waals surface area contributed by atoms with Crippen LogP contribution in [-0.4, -0.2) is 41.7 Å². The Morgan fingerprint density at radius 1 is 0.977 bits per heavy atom. The molecule has 3 unspecified atom stereocenters. The lowest BCUT2D eigenvalue weighted by molar-refractivity contribution is -0.137. The van der Waals surface area contributed by atoms with E-state index in [1.807, 2.05) is 0 Å². The Bertz CT molecular complexity index is 1820. The Labute approximate surface area is 256 Å². The number of nitrogens with zero attached hydrogens (tertiary/aromatic N) is 1. The van der Waals surface area contributed by atoms with Crippen LogP contribution in [-0.2, 0) is 20.6 Å². The van der Waals surface area contributed by atoms with E-state index in [4.69, 9.17) is 9.47 Å². The molecule has 1 saturated heterocycles. The first-order valence-electron chi connectivity index (χ1n) is 13.1. The van der Waals surface area contributed by atoms with Gasteiger partial charge in [0, 0.05) is 16.5 Å². The number of thioether (sulfide) groups is 1. The molecule has 1 aromatic heterocycles. The molecule has 44 heavy (non-hydrogen) atoms. The van der Waals surface area contributed by atoms with E-state index in [0.717, 1.165) is 40.1 Å². The summed E-state index contributed by atoms with van der Waals surface area (Å²) in [5.41, 5.74) is 0.0546. The van der Waals surface area contributed by atoms with Gasteiger partial charge in [-0.25, -0.2) is 4.90 Å². The van der Waals surface area contributed by atoms with Crippen molar-refractivity contribution in [3.8, 4) is 11.5 Å². The van der Waals surface area contributed by atoms with E-state index in [-0.39, 0.29) is 16.3 Å². The summed E-state index contributed by atoms with van der Waals surface area (Å²) in [5, 5.41) is 2.10. The van der Waals surface area contributed by atoms with E-state index >= 15 is 0 Å². The standard InChI is InChI=1S/C30H22F3N3O6S2/c1-41-19-10-8-18(9-11-19)36-27(38)23-22(24-26(35-29(40)44-24)43-25(23)28(36)39)15-4-2-7-20(12-15)42-14-21(37)34-17-6-3-5-16(13-17)30(31,32)33/h2-13,22-23,25H,14H2,1H3,(H,34,37)(H,35,40). The molecule has 2 N–H and O–H groups in total. The highest BCUT2D eigenvalue weighted by atomic mass is 32.2. The van der Waals surface area contributed by atoms with Gasteiger partial charge < -0.3 is 19.8 Å². The van der Waals surface area contributed by atoms with Gasteiger partial charge in [0.05, 0.1) is 29.3 Å². The maximum absolute atomic E-state index is 13.9. The maximum atomic E-state index is 13.9. The lowest BCUT2D eigenvalue weighted by atomic mass is 9.83. The number of carbonyl (C=O) groups is 3. The molecule has 0 aliphatic carbocycles. The number of alkyl halides is 3. The molecule has 0 spiro atoms. The van der Waals surface area contributed by atoms with Crippen LogP contribution in [0.4, 0.5) is 24.5 Å².